The smallest absolute Gasteiger partial charge is 0.415 e. The molecule has 1 amide bonds. The Morgan fingerprint density at radius 3 is 2.84 bits per heavy atom. The number of anilines is 2. The third-order valence-electron chi connectivity index (χ3n) is 4.73. The summed E-state index contributed by atoms with van der Waals surface area (Å²) in [5, 5.41) is 0. The topological polar surface area (TPSA) is 115 Å². The van der Waals surface area contributed by atoms with Crippen LogP contribution in [0.5, 0.6) is 5.88 Å². The SMILES string of the molecule is CC(C)(C)OC(=O)N1CC=CCOc2cc3c([nH]c(=O)n3Cc3cccc1c3)c(N)n2. The van der Waals surface area contributed by atoms with Crippen molar-refractivity contribution in [3.8, 4) is 5.88 Å². The highest BCUT2D eigenvalue weighted by Crippen LogP contribution is 2.24. The second kappa shape index (κ2) is 7.82. The Hall–Kier alpha value is -3.75. The van der Waals surface area contributed by atoms with Gasteiger partial charge in [0.25, 0.3) is 0 Å². The number of H-pyrrole nitrogens is 1. The van der Waals surface area contributed by atoms with Crippen molar-refractivity contribution in [3.05, 3.63) is 58.5 Å². The fourth-order valence-electron chi connectivity index (χ4n) is 3.37. The molecule has 0 atom stereocenters. The maximum absolute atomic E-state index is 12.9. The number of amides is 1. The first-order chi connectivity index (χ1) is 14.7. The van der Waals surface area contributed by atoms with Crippen molar-refractivity contribution in [2.24, 2.45) is 0 Å². The van der Waals surface area contributed by atoms with Crippen LogP contribution in [-0.4, -0.2) is 39.4 Å². The predicted octanol–water partition coefficient (Wildman–Crippen LogP) is 3.05. The number of nitrogen functional groups attached to an aromatic ring is 1. The van der Waals surface area contributed by atoms with E-state index in [4.69, 9.17) is 15.2 Å². The number of hydrogen-bond donors (Lipinski definition) is 2. The van der Waals surface area contributed by atoms with Crippen LogP contribution in [0.1, 0.15) is 26.3 Å². The molecule has 162 valence electrons. The van der Waals surface area contributed by atoms with Crippen molar-refractivity contribution in [1.82, 2.24) is 14.5 Å². The van der Waals surface area contributed by atoms with E-state index >= 15 is 0 Å². The van der Waals surface area contributed by atoms with Gasteiger partial charge in [-0.15, -0.1) is 0 Å². The molecule has 0 unspecified atom stereocenters. The number of nitrogens with one attached hydrogen (secondary N) is 1. The van der Waals surface area contributed by atoms with E-state index in [1.54, 1.807) is 21.6 Å². The van der Waals surface area contributed by atoms with Gasteiger partial charge in [0.1, 0.15) is 17.7 Å². The number of carbonyl (C=O) groups excluding carboxylic acids is 1. The molecule has 0 spiro atoms. The van der Waals surface area contributed by atoms with Crippen molar-refractivity contribution in [2.45, 2.75) is 32.9 Å². The molecule has 1 aromatic carbocycles. The fraction of sp³-hybridized carbons (Fsp3) is 0.318. The van der Waals surface area contributed by atoms with Crippen LogP contribution in [-0.2, 0) is 11.3 Å². The molecule has 4 rings (SSSR count). The van der Waals surface area contributed by atoms with E-state index in [9.17, 15) is 9.59 Å². The number of fused-ring (bicyclic) bond motifs is 3. The molecule has 4 bridgehead atoms. The molecule has 3 heterocycles. The summed E-state index contributed by atoms with van der Waals surface area (Å²) in [7, 11) is 0. The first-order valence-corrected chi connectivity index (χ1v) is 9.97. The minimum Gasteiger partial charge on any atom is -0.473 e. The monoisotopic (exact) mass is 423 g/mol. The molecule has 0 saturated heterocycles. The van der Waals surface area contributed by atoms with Gasteiger partial charge < -0.3 is 20.2 Å². The van der Waals surface area contributed by atoms with E-state index in [0.717, 1.165) is 5.56 Å². The van der Waals surface area contributed by atoms with E-state index in [2.05, 4.69) is 9.97 Å². The average molecular weight is 423 g/mol. The number of pyridine rings is 1. The normalized spacial score (nSPS) is 14.4. The molecule has 2 aromatic heterocycles. The van der Waals surface area contributed by atoms with Gasteiger partial charge in [0.2, 0.25) is 5.88 Å². The maximum atomic E-state index is 12.9. The van der Waals surface area contributed by atoms with Gasteiger partial charge in [0, 0.05) is 18.3 Å². The van der Waals surface area contributed by atoms with Crippen LogP contribution < -0.4 is 21.1 Å². The lowest BCUT2D eigenvalue weighted by Crippen LogP contribution is -2.37. The second-order valence-corrected chi connectivity index (χ2v) is 8.30. The lowest BCUT2D eigenvalue weighted by Gasteiger charge is -2.27. The predicted molar refractivity (Wildman–Crippen MR) is 119 cm³/mol. The summed E-state index contributed by atoms with van der Waals surface area (Å²) < 4.78 is 12.8. The van der Waals surface area contributed by atoms with E-state index in [1.807, 2.05) is 51.1 Å². The van der Waals surface area contributed by atoms with Crippen LogP contribution in [0, 0.1) is 0 Å². The molecule has 9 heteroatoms. The van der Waals surface area contributed by atoms with Gasteiger partial charge in [-0.1, -0.05) is 18.2 Å². The lowest BCUT2D eigenvalue weighted by molar-refractivity contribution is 0.0584. The summed E-state index contributed by atoms with van der Waals surface area (Å²) in [4.78, 5) is 34.0. The Bertz CT molecular complexity index is 1220. The van der Waals surface area contributed by atoms with Crippen molar-refractivity contribution in [1.29, 1.82) is 0 Å². The number of rotatable bonds is 0. The van der Waals surface area contributed by atoms with Gasteiger partial charge in [0.05, 0.1) is 12.1 Å². The first kappa shape index (κ1) is 20.5. The Balaban J connectivity index is 1.80. The average Bonchev–Trinajstić information content (AvgIpc) is 2.99. The highest BCUT2D eigenvalue weighted by atomic mass is 16.6. The largest absolute Gasteiger partial charge is 0.473 e. The Morgan fingerprint density at radius 1 is 1.26 bits per heavy atom. The molecule has 9 nitrogen and oxygen atoms in total. The minimum atomic E-state index is -0.626. The summed E-state index contributed by atoms with van der Waals surface area (Å²) >= 11 is 0. The summed E-state index contributed by atoms with van der Waals surface area (Å²) in [6.07, 6.45) is 3.17. The number of aromatic amines is 1. The zero-order valence-corrected chi connectivity index (χ0v) is 17.7. The van der Waals surface area contributed by atoms with Crippen LogP contribution in [0.15, 0.2) is 47.3 Å². The number of benzene rings is 1. The van der Waals surface area contributed by atoms with Crippen molar-refractivity contribution >= 4 is 28.6 Å². The summed E-state index contributed by atoms with van der Waals surface area (Å²) in [5.41, 5.74) is 7.67. The van der Waals surface area contributed by atoms with Crippen molar-refractivity contribution < 1.29 is 14.3 Å². The minimum absolute atomic E-state index is 0.198. The maximum Gasteiger partial charge on any atom is 0.415 e. The number of aromatic nitrogens is 3. The molecular weight excluding hydrogens is 398 g/mol. The molecule has 1 aliphatic heterocycles. The summed E-state index contributed by atoms with van der Waals surface area (Å²) in [6, 6.07) is 9.14. The standard InChI is InChI=1S/C22H25N5O4/c1-22(2,3)31-21(29)26-9-4-5-10-30-17-12-16-18(19(23)24-17)25-20(28)27(16)13-14-7-6-8-15(26)11-14/h4-8,11-12H,9-10,13H2,1-3H3,(H2,23,24)(H,25,28). The van der Waals surface area contributed by atoms with E-state index in [0.29, 0.717) is 29.1 Å². The van der Waals surface area contributed by atoms with Gasteiger partial charge in [-0.25, -0.2) is 9.59 Å². The van der Waals surface area contributed by atoms with Gasteiger partial charge in [-0.05, 0) is 44.5 Å². The Labute approximate surface area is 179 Å². The zero-order chi connectivity index (χ0) is 22.2. The van der Waals surface area contributed by atoms with Gasteiger partial charge in [0.15, 0.2) is 5.82 Å². The summed E-state index contributed by atoms with van der Waals surface area (Å²) in [6.45, 7) is 6.29. The van der Waals surface area contributed by atoms with Crippen molar-refractivity contribution in [3.63, 3.8) is 0 Å². The third kappa shape index (κ3) is 4.40. The molecule has 0 saturated carbocycles. The summed E-state index contributed by atoms with van der Waals surface area (Å²) in [5.74, 6) is 0.515. The highest BCUT2D eigenvalue weighted by Gasteiger charge is 2.23. The zero-order valence-electron chi connectivity index (χ0n) is 17.7. The van der Waals surface area contributed by atoms with Crippen LogP contribution in [0.4, 0.5) is 16.3 Å². The Kier molecular flexibility index (Phi) is 5.18. The van der Waals surface area contributed by atoms with Gasteiger partial charge >= 0.3 is 11.8 Å². The molecule has 3 aromatic rings. The number of imidazole rings is 1. The quantitative estimate of drug-likeness (QED) is 0.537. The van der Waals surface area contributed by atoms with Crippen LogP contribution in [0.25, 0.3) is 11.0 Å². The van der Waals surface area contributed by atoms with Crippen LogP contribution in [0.2, 0.25) is 0 Å². The molecule has 3 N–H and O–H groups in total. The number of carbonyl (C=O) groups is 1. The molecule has 0 fully saturated rings. The lowest BCUT2D eigenvalue weighted by atomic mass is 10.1. The van der Waals surface area contributed by atoms with E-state index < -0.39 is 11.7 Å². The Morgan fingerprint density at radius 2 is 2.06 bits per heavy atom. The molecular formula is C22H25N5O4. The van der Waals surface area contributed by atoms with Crippen molar-refractivity contribution in [2.75, 3.05) is 23.8 Å². The van der Waals surface area contributed by atoms with E-state index in [1.165, 1.54) is 0 Å². The number of hydrogen-bond acceptors (Lipinski definition) is 6. The first-order valence-electron chi connectivity index (χ1n) is 9.97. The number of ether oxygens (including phenoxy) is 2. The van der Waals surface area contributed by atoms with Crippen LogP contribution in [0.3, 0.4) is 0 Å². The van der Waals surface area contributed by atoms with E-state index in [-0.39, 0.29) is 24.7 Å². The number of nitrogens with two attached hydrogens (primary N) is 1. The van der Waals surface area contributed by atoms with Crippen LogP contribution >= 0.6 is 0 Å². The molecule has 31 heavy (non-hydrogen) atoms. The molecule has 0 aliphatic carbocycles. The van der Waals surface area contributed by atoms with Gasteiger partial charge in [-0.3, -0.25) is 9.47 Å². The highest BCUT2D eigenvalue weighted by molar-refractivity contribution is 5.88. The second-order valence-electron chi connectivity index (χ2n) is 8.30. The molecule has 0 radical (unpaired) electrons. The van der Waals surface area contributed by atoms with Gasteiger partial charge in [-0.2, -0.15) is 4.98 Å². The third-order valence-corrected chi connectivity index (χ3v) is 4.73. The fourth-order valence-corrected chi connectivity index (χ4v) is 3.37. The molecule has 1 aliphatic rings. The number of nitrogens with zero attached hydrogens (tertiary/aromatic N) is 3.